The zero-order valence-electron chi connectivity index (χ0n) is 13.5. The first-order valence-corrected chi connectivity index (χ1v) is 6.94. The molecule has 1 N–H and O–H groups in total. The molecule has 0 aliphatic rings. The number of nitrogens with zero attached hydrogens (tertiary/aromatic N) is 2. The Labute approximate surface area is 136 Å². The third-order valence-electron chi connectivity index (χ3n) is 2.49. The molecule has 24 heavy (non-hydrogen) atoms. The predicted molar refractivity (Wildman–Crippen MR) is 75.5 cm³/mol. The van der Waals surface area contributed by atoms with Gasteiger partial charge in [-0.05, 0) is 33.6 Å². The van der Waals surface area contributed by atoms with E-state index in [1.54, 1.807) is 20.8 Å². The number of ketones is 1. The number of aliphatic hydroxyl groups is 1. The van der Waals surface area contributed by atoms with Crippen molar-refractivity contribution in [2.45, 2.75) is 57.8 Å². The second-order valence-electron chi connectivity index (χ2n) is 5.76. The van der Waals surface area contributed by atoms with Crippen molar-refractivity contribution in [1.82, 2.24) is 0 Å². The lowest BCUT2D eigenvalue weighted by Crippen LogP contribution is -2.36. The van der Waals surface area contributed by atoms with E-state index in [0.29, 0.717) is 0 Å². The maximum absolute atomic E-state index is 11.7. The maximum atomic E-state index is 11.7. The molecule has 2 atom stereocenters. The Kier molecular flexibility index (Phi) is 8.60. The van der Waals surface area contributed by atoms with Gasteiger partial charge in [0.2, 0.25) is 6.10 Å². The fourth-order valence-electron chi connectivity index (χ4n) is 1.56. The van der Waals surface area contributed by atoms with Crippen LogP contribution in [-0.2, 0) is 24.0 Å². The highest BCUT2D eigenvalue weighted by Gasteiger charge is 2.29. The lowest BCUT2D eigenvalue weighted by molar-refractivity contribution is -0.790. The quantitative estimate of drug-likeness (QED) is 0.235. The minimum Gasteiger partial charge on any atom is -0.458 e. The van der Waals surface area contributed by atoms with Crippen molar-refractivity contribution in [2.24, 2.45) is 0 Å². The second kappa shape index (κ2) is 9.60. The fourth-order valence-corrected chi connectivity index (χ4v) is 1.56. The topological polar surface area (TPSA) is 168 Å². The summed E-state index contributed by atoms with van der Waals surface area (Å²) in [6.07, 6.45) is -3.65. The molecule has 0 aromatic heterocycles. The number of hydrogen-bond acceptors (Lipinski definition) is 10. The SMILES string of the molecule is CC(C)(C)OC(=O)C(O)C(=O)CCCC(CO[N+](=O)[O-])O[N+](=O)[O-]. The van der Waals surface area contributed by atoms with E-state index in [1.807, 2.05) is 0 Å². The van der Waals surface area contributed by atoms with Gasteiger partial charge in [-0.1, -0.05) is 0 Å². The van der Waals surface area contributed by atoms with Crippen LogP contribution in [0.5, 0.6) is 0 Å². The van der Waals surface area contributed by atoms with Gasteiger partial charge in [0, 0.05) is 6.42 Å². The summed E-state index contributed by atoms with van der Waals surface area (Å²) in [7, 11) is 0. The van der Waals surface area contributed by atoms with Crippen molar-refractivity contribution in [3.63, 3.8) is 0 Å². The van der Waals surface area contributed by atoms with E-state index >= 15 is 0 Å². The summed E-state index contributed by atoms with van der Waals surface area (Å²) in [5.74, 6) is -1.93. The van der Waals surface area contributed by atoms with Gasteiger partial charge in [-0.15, -0.1) is 20.2 Å². The minimum absolute atomic E-state index is 0.0156. The zero-order valence-corrected chi connectivity index (χ0v) is 13.5. The maximum Gasteiger partial charge on any atom is 0.343 e. The molecular weight excluding hydrogens is 332 g/mol. The number of esters is 1. The zero-order chi connectivity index (χ0) is 18.9. The predicted octanol–water partition coefficient (Wildman–Crippen LogP) is 0.214. The highest BCUT2D eigenvalue weighted by molar-refractivity contribution is 6.01. The summed E-state index contributed by atoms with van der Waals surface area (Å²) < 4.78 is 4.85. The molecule has 0 bridgehead atoms. The lowest BCUT2D eigenvalue weighted by Gasteiger charge is -2.21. The molecular formula is C12H20N2O10. The summed E-state index contributed by atoms with van der Waals surface area (Å²) in [5, 5.41) is 27.6. The van der Waals surface area contributed by atoms with Crippen LogP contribution in [0.2, 0.25) is 0 Å². The van der Waals surface area contributed by atoms with E-state index in [0.717, 1.165) is 0 Å². The van der Waals surface area contributed by atoms with Gasteiger partial charge in [0.05, 0.1) is 0 Å². The molecule has 138 valence electrons. The van der Waals surface area contributed by atoms with Crippen LogP contribution in [-0.4, -0.2) is 51.4 Å². The molecule has 0 fully saturated rings. The molecule has 0 rings (SSSR count). The molecule has 0 amide bonds. The number of aliphatic hydroxyl groups excluding tert-OH is 1. The number of hydrogen-bond donors (Lipinski definition) is 1. The van der Waals surface area contributed by atoms with Crippen LogP contribution in [0.4, 0.5) is 0 Å². The van der Waals surface area contributed by atoms with Crippen LogP contribution in [0.3, 0.4) is 0 Å². The van der Waals surface area contributed by atoms with Gasteiger partial charge in [-0.2, -0.15) is 0 Å². The molecule has 0 aromatic rings. The summed E-state index contributed by atoms with van der Waals surface area (Å²) >= 11 is 0. The van der Waals surface area contributed by atoms with Gasteiger partial charge in [0.15, 0.2) is 5.78 Å². The number of Topliss-reactive ketones (excluding diaryl/α,β-unsaturated/α-hetero) is 1. The van der Waals surface area contributed by atoms with Gasteiger partial charge in [-0.3, -0.25) is 4.79 Å². The first-order valence-electron chi connectivity index (χ1n) is 6.94. The molecule has 0 saturated carbocycles. The average molecular weight is 352 g/mol. The third kappa shape index (κ3) is 10.3. The molecule has 12 heteroatoms. The van der Waals surface area contributed by atoms with Crippen molar-refractivity contribution >= 4 is 11.8 Å². The minimum atomic E-state index is -1.96. The lowest BCUT2D eigenvalue weighted by atomic mass is 10.1. The molecule has 0 spiro atoms. The summed E-state index contributed by atoms with van der Waals surface area (Å²) in [5.41, 5.74) is -0.872. The summed E-state index contributed by atoms with van der Waals surface area (Å²) in [6.45, 7) is 4.02. The number of rotatable bonds is 11. The Bertz CT molecular complexity index is 473. The molecule has 0 aromatic carbocycles. The molecule has 2 unspecified atom stereocenters. The fraction of sp³-hybridized carbons (Fsp3) is 0.833. The van der Waals surface area contributed by atoms with E-state index in [2.05, 4.69) is 9.68 Å². The second-order valence-corrected chi connectivity index (χ2v) is 5.76. The van der Waals surface area contributed by atoms with Gasteiger partial charge >= 0.3 is 5.97 Å². The van der Waals surface area contributed by atoms with Gasteiger partial charge in [0.25, 0.3) is 10.2 Å². The highest BCUT2D eigenvalue weighted by Crippen LogP contribution is 2.12. The van der Waals surface area contributed by atoms with E-state index in [1.165, 1.54) is 0 Å². The first-order chi connectivity index (χ1) is 10.9. The Morgan fingerprint density at radius 2 is 1.75 bits per heavy atom. The number of carbonyl (C=O) groups is 2. The Morgan fingerprint density at radius 3 is 2.21 bits per heavy atom. The smallest absolute Gasteiger partial charge is 0.343 e. The van der Waals surface area contributed by atoms with E-state index < -0.39 is 46.3 Å². The van der Waals surface area contributed by atoms with Crippen LogP contribution < -0.4 is 0 Å². The Balaban J connectivity index is 4.37. The van der Waals surface area contributed by atoms with Crippen LogP contribution in [0.25, 0.3) is 0 Å². The van der Waals surface area contributed by atoms with E-state index in [4.69, 9.17) is 4.74 Å². The first kappa shape index (κ1) is 21.5. The van der Waals surface area contributed by atoms with Crippen molar-refractivity contribution in [2.75, 3.05) is 6.61 Å². The van der Waals surface area contributed by atoms with E-state index in [9.17, 15) is 34.9 Å². The van der Waals surface area contributed by atoms with Crippen molar-refractivity contribution < 1.29 is 39.3 Å². The van der Waals surface area contributed by atoms with Crippen molar-refractivity contribution in [3.8, 4) is 0 Å². The third-order valence-corrected chi connectivity index (χ3v) is 2.49. The molecule has 0 saturated heterocycles. The molecule has 0 radical (unpaired) electrons. The van der Waals surface area contributed by atoms with Crippen LogP contribution in [0.1, 0.15) is 40.0 Å². The Morgan fingerprint density at radius 1 is 1.17 bits per heavy atom. The summed E-state index contributed by atoms with van der Waals surface area (Å²) in [6, 6.07) is 0. The molecule has 0 aliphatic carbocycles. The summed E-state index contributed by atoms with van der Waals surface area (Å²) in [4.78, 5) is 51.7. The van der Waals surface area contributed by atoms with E-state index in [-0.39, 0.29) is 19.3 Å². The largest absolute Gasteiger partial charge is 0.458 e. The van der Waals surface area contributed by atoms with Crippen LogP contribution in [0.15, 0.2) is 0 Å². The molecule has 0 aliphatic heterocycles. The monoisotopic (exact) mass is 352 g/mol. The van der Waals surface area contributed by atoms with Crippen molar-refractivity contribution in [1.29, 1.82) is 0 Å². The van der Waals surface area contributed by atoms with Gasteiger partial charge in [-0.25, -0.2) is 4.79 Å². The highest BCUT2D eigenvalue weighted by atomic mass is 17.0. The Hall–Kier alpha value is -2.50. The average Bonchev–Trinajstić information content (AvgIpc) is 2.40. The normalized spacial score (nSPS) is 13.5. The van der Waals surface area contributed by atoms with Gasteiger partial charge < -0.3 is 19.5 Å². The molecule has 0 heterocycles. The number of carbonyl (C=O) groups excluding carboxylic acids is 2. The number of ether oxygens (including phenoxy) is 1. The molecule has 12 nitrogen and oxygen atoms in total. The van der Waals surface area contributed by atoms with Crippen LogP contribution >= 0.6 is 0 Å². The van der Waals surface area contributed by atoms with Crippen molar-refractivity contribution in [3.05, 3.63) is 20.2 Å². The van der Waals surface area contributed by atoms with Crippen LogP contribution in [0, 0.1) is 20.2 Å². The standard InChI is InChI=1S/C12H20N2O10/c1-12(2,3)23-11(17)10(16)9(15)6-4-5-8(24-14(20)21)7-22-13(18)19/h8,10,16H,4-7H2,1-3H3. The van der Waals surface area contributed by atoms with Gasteiger partial charge in [0.1, 0.15) is 18.3 Å².